The molecule has 2 N–H and O–H groups in total. The second-order valence-electron chi connectivity index (χ2n) is 5.19. The first kappa shape index (κ1) is 14.4. The summed E-state index contributed by atoms with van der Waals surface area (Å²) in [6.07, 6.45) is 2.55. The predicted octanol–water partition coefficient (Wildman–Crippen LogP) is 2.90. The summed E-state index contributed by atoms with van der Waals surface area (Å²) >= 11 is 0. The van der Waals surface area contributed by atoms with Crippen molar-refractivity contribution in [1.29, 1.82) is 0 Å². The number of rotatable bonds is 5. The second kappa shape index (κ2) is 6.28. The number of phenolic OH excluding ortho intramolecular Hbond substituents is 1. The summed E-state index contributed by atoms with van der Waals surface area (Å²) in [5, 5.41) is 13.9. The zero-order chi connectivity index (χ0) is 13.6. The monoisotopic (exact) mass is 250 g/mol. The van der Waals surface area contributed by atoms with Crippen LogP contribution in [0.5, 0.6) is 11.5 Å². The van der Waals surface area contributed by atoms with E-state index in [-0.39, 0.29) is 11.3 Å². The molecule has 4 nitrogen and oxygen atoms in total. The van der Waals surface area contributed by atoms with Gasteiger partial charge in [-0.2, -0.15) is 5.10 Å². The minimum atomic E-state index is -0.0870. The highest BCUT2D eigenvalue weighted by Gasteiger charge is 2.06. The molecule has 0 fully saturated rings. The van der Waals surface area contributed by atoms with Crippen molar-refractivity contribution < 1.29 is 9.84 Å². The lowest BCUT2D eigenvalue weighted by Gasteiger charge is -2.17. The van der Waals surface area contributed by atoms with E-state index in [1.54, 1.807) is 18.3 Å². The first-order valence-electron chi connectivity index (χ1n) is 6.18. The summed E-state index contributed by atoms with van der Waals surface area (Å²) in [6, 6.07) is 5.22. The Balaban J connectivity index is 2.68. The predicted molar refractivity (Wildman–Crippen MR) is 74.4 cm³/mol. The summed E-state index contributed by atoms with van der Waals surface area (Å²) in [6.45, 7) is 8.75. The van der Waals surface area contributed by atoms with Crippen molar-refractivity contribution in [3.05, 3.63) is 23.8 Å². The number of ether oxygens (including phenoxy) is 1. The third-order valence-electron chi connectivity index (χ3n) is 2.08. The van der Waals surface area contributed by atoms with Crippen molar-refractivity contribution in [3.63, 3.8) is 0 Å². The number of aromatic hydroxyl groups is 1. The summed E-state index contributed by atoms with van der Waals surface area (Å²) in [5.41, 5.74) is 3.55. The molecule has 0 saturated carbocycles. The number of nitrogens with zero attached hydrogens (tertiary/aromatic N) is 1. The molecule has 0 atom stereocenters. The molecule has 0 saturated heterocycles. The number of hydrogen-bond donors (Lipinski definition) is 2. The molecule has 0 aromatic heterocycles. The Bertz CT molecular complexity index is 409. The minimum Gasteiger partial charge on any atom is -0.507 e. The van der Waals surface area contributed by atoms with Crippen LogP contribution in [0.15, 0.2) is 23.3 Å². The van der Waals surface area contributed by atoms with Crippen molar-refractivity contribution >= 4 is 6.21 Å². The summed E-state index contributed by atoms with van der Waals surface area (Å²) in [4.78, 5) is 0. The van der Waals surface area contributed by atoms with Crippen LogP contribution in [0.25, 0.3) is 0 Å². The van der Waals surface area contributed by atoms with E-state index in [1.165, 1.54) is 0 Å². The zero-order valence-electron chi connectivity index (χ0n) is 11.5. The van der Waals surface area contributed by atoms with E-state index >= 15 is 0 Å². The molecule has 0 aliphatic heterocycles. The Kier molecular flexibility index (Phi) is 5.01. The topological polar surface area (TPSA) is 53.8 Å². The zero-order valence-corrected chi connectivity index (χ0v) is 11.5. The van der Waals surface area contributed by atoms with Crippen LogP contribution in [0.1, 0.15) is 39.7 Å². The Hall–Kier alpha value is -1.71. The first-order chi connectivity index (χ1) is 8.42. The molecule has 0 spiro atoms. The number of nitrogens with one attached hydrogen (secondary N) is 1. The highest BCUT2D eigenvalue weighted by atomic mass is 16.5. The molecule has 0 bridgehead atoms. The van der Waals surface area contributed by atoms with Gasteiger partial charge in [-0.3, -0.25) is 0 Å². The summed E-state index contributed by atoms with van der Waals surface area (Å²) in [5.74, 6) is 0.846. The lowest BCUT2D eigenvalue weighted by Crippen LogP contribution is -2.31. The molecule has 0 aliphatic rings. The van der Waals surface area contributed by atoms with Crippen LogP contribution in [0, 0.1) is 0 Å². The third kappa shape index (κ3) is 5.08. The Morgan fingerprint density at radius 2 is 2.11 bits per heavy atom. The van der Waals surface area contributed by atoms with Crippen molar-refractivity contribution in [1.82, 2.24) is 5.43 Å². The highest BCUT2D eigenvalue weighted by Crippen LogP contribution is 2.22. The Morgan fingerprint density at radius 3 is 2.67 bits per heavy atom. The maximum absolute atomic E-state index is 9.82. The fourth-order valence-electron chi connectivity index (χ4n) is 1.24. The lowest BCUT2D eigenvalue weighted by molar-refractivity contribution is 0.315. The summed E-state index contributed by atoms with van der Waals surface area (Å²) < 4.78 is 5.43. The number of phenols is 1. The smallest absolute Gasteiger partial charge is 0.128 e. The molecular weight excluding hydrogens is 228 g/mol. The minimum absolute atomic E-state index is 0.0870. The molecule has 18 heavy (non-hydrogen) atoms. The Labute approximate surface area is 109 Å². The van der Waals surface area contributed by atoms with Gasteiger partial charge in [0.25, 0.3) is 0 Å². The number of hydrazone groups is 1. The van der Waals surface area contributed by atoms with Crippen LogP contribution >= 0.6 is 0 Å². The van der Waals surface area contributed by atoms with Crippen LogP contribution in [0.2, 0.25) is 0 Å². The fourth-order valence-corrected chi connectivity index (χ4v) is 1.24. The van der Waals surface area contributed by atoms with E-state index in [2.05, 4.69) is 10.5 Å². The fraction of sp³-hybridized carbons (Fsp3) is 0.500. The average Bonchev–Trinajstić information content (AvgIpc) is 2.27. The van der Waals surface area contributed by atoms with Gasteiger partial charge in [-0.1, -0.05) is 6.92 Å². The maximum Gasteiger partial charge on any atom is 0.128 e. The van der Waals surface area contributed by atoms with E-state index in [0.717, 1.165) is 6.42 Å². The van der Waals surface area contributed by atoms with E-state index in [9.17, 15) is 5.11 Å². The van der Waals surface area contributed by atoms with Gasteiger partial charge in [0.15, 0.2) is 0 Å². The SMILES string of the molecule is CCCOc1ccc(C=NNC(C)(C)C)c(O)c1. The van der Waals surface area contributed by atoms with Gasteiger partial charge < -0.3 is 15.3 Å². The lowest BCUT2D eigenvalue weighted by atomic mass is 10.1. The molecule has 0 amide bonds. The molecule has 0 radical (unpaired) electrons. The van der Waals surface area contributed by atoms with E-state index in [1.807, 2.05) is 33.8 Å². The van der Waals surface area contributed by atoms with Gasteiger partial charge in [0.1, 0.15) is 11.5 Å². The molecule has 0 aliphatic carbocycles. The molecule has 0 unspecified atom stereocenters. The van der Waals surface area contributed by atoms with Gasteiger partial charge in [0, 0.05) is 17.2 Å². The molecular formula is C14H22N2O2. The van der Waals surface area contributed by atoms with Gasteiger partial charge >= 0.3 is 0 Å². The standard InChI is InChI=1S/C14H22N2O2/c1-5-8-18-12-7-6-11(13(17)9-12)10-15-16-14(2,3)4/h6-7,9-10,16-17H,5,8H2,1-4H3. The van der Waals surface area contributed by atoms with Crippen molar-refractivity contribution in [2.75, 3.05) is 6.61 Å². The third-order valence-corrected chi connectivity index (χ3v) is 2.08. The summed E-state index contributed by atoms with van der Waals surface area (Å²) in [7, 11) is 0. The van der Waals surface area contributed by atoms with Crippen LogP contribution < -0.4 is 10.2 Å². The normalized spacial score (nSPS) is 11.8. The molecule has 1 aromatic carbocycles. The van der Waals surface area contributed by atoms with Gasteiger partial charge in [-0.25, -0.2) is 0 Å². The van der Waals surface area contributed by atoms with E-state index in [4.69, 9.17) is 4.74 Å². The number of benzene rings is 1. The molecule has 4 heteroatoms. The van der Waals surface area contributed by atoms with Gasteiger partial charge in [-0.05, 0) is 39.3 Å². The van der Waals surface area contributed by atoms with Crippen LogP contribution in [-0.2, 0) is 0 Å². The number of hydrogen-bond acceptors (Lipinski definition) is 4. The maximum atomic E-state index is 9.82. The van der Waals surface area contributed by atoms with Crippen molar-refractivity contribution in [2.45, 2.75) is 39.7 Å². The Morgan fingerprint density at radius 1 is 1.39 bits per heavy atom. The quantitative estimate of drug-likeness (QED) is 0.624. The van der Waals surface area contributed by atoms with E-state index < -0.39 is 0 Å². The largest absolute Gasteiger partial charge is 0.507 e. The molecule has 1 rings (SSSR count). The van der Waals surface area contributed by atoms with E-state index in [0.29, 0.717) is 17.9 Å². The van der Waals surface area contributed by atoms with Crippen LogP contribution in [-0.4, -0.2) is 23.5 Å². The van der Waals surface area contributed by atoms with Crippen LogP contribution in [0.3, 0.4) is 0 Å². The van der Waals surface area contributed by atoms with Crippen LogP contribution in [0.4, 0.5) is 0 Å². The molecule has 0 heterocycles. The highest BCUT2D eigenvalue weighted by molar-refractivity contribution is 5.83. The van der Waals surface area contributed by atoms with Crippen molar-refractivity contribution in [2.24, 2.45) is 5.10 Å². The van der Waals surface area contributed by atoms with Gasteiger partial charge in [0.05, 0.1) is 12.8 Å². The first-order valence-corrected chi connectivity index (χ1v) is 6.18. The van der Waals surface area contributed by atoms with Gasteiger partial charge in [-0.15, -0.1) is 0 Å². The van der Waals surface area contributed by atoms with Gasteiger partial charge in [0.2, 0.25) is 0 Å². The average molecular weight is 250 g/mol. The molecule has 100 valence electrons. The van der Waals surface area contributed by atoms with Crippen molar-refractivity contribution in [3.8, 4) is 11.5 Å². The molecule has 1 aromatic rings. The second-order valence-corrected chi connectivity index (χ2v) is 5.19.